The number of carbonyl (C=O) groups excluding carboxylic acids is 1. The Hall–Kier alpha value is -4.32. The lowest BCUT2D eigenvalue weighted by atomic mass is 9.88. The van der Waals surface area contributed by atoms with E-state index in [4.69, 9.17) is 11.0 Å². The van der Waals surface area contributed by atoms with E-state index in [2.05, 4.69) is 14.3 Å². The number of anilines is 1. The number of fused-ring (bicyclic) bond motifs is 2. The van der Waals surface area contributed by atoms with Gasteiger partial charge in [0.1, 0.15) is 35.8 Å². The van der Waals surface area contributed by atoms with E-state index in [0.29, 0.717) is 22.3 Å². The summed E-state index contributed by atoms with van der Waals surface area (Å²) in [5.41, 5.74) is -1.12. The van der Waals surface area contributed by atoms with Crippen LogP contribution in [0.5, 0.6) is 0 Å². The molecule has 37 heavy (non-hydrogen) atoms. The van der Waals surface area contributed by atoms with Crippen molar-refractivity contribution in [1.82, 2.24) is 4.58 Å². The highest BCUT2D eigenvalue weighted by Gasteiger charge is 2.32. The lowest BCUT2D eigenvalue weighted by molar-refractivity contribution is -0.255. The zero-order chi connectivity index (χ0) is 25.8. The molecular weight excluding hydrogens is 483 g/mol. The molecule has 0 atom stereocenters. The van der Waals surface area contributed by atoms with Gasteiger partial charge in [-0.1, -0.05) is 0 Å². The second-order valence-corrected chi connectivity index (χ2v) is 9.29. The molecule has 1 aliphatic carbocycles. The molecule has 186 valence electrons. The number of halogens is 3. The second-order valence-electron chi connectivity index (χ2n) is 9.29. The van der Waals surface area contributed by atoms with Gasteiger partial charge in [-0.15, -0.1) is 0 Å². The maximum atomic E-state index is 15.9. The fourth-order valence-electron chi connectivity index (χ4n) is 5.03. The van der Waals surface area contributed by atoms with Crippen LogP contribution in [0.3, 0.4) is 0 Å². The molecule has 3 aliphatic heterocycles. The minimum atomic E-state index is -2.06. The highest BCUT2D eigenvalue weighted by Crippen LogP contribution is 2.45. The van der Waals surface area contributed by atoms with Crippen LogP contribution in [-0.2, 0) is 6.54 Å². The van der Waals surface area contributed by atoms with Crippen molar-refractivity contribution >= 4 is 22.6 Å². The van der Waals surface area contributed by atoms with Crippen LogP contribution < -0.4 is 19.9 Å². The second kappa shape index (κ2) is 8.66. The molecule has 2 aromatic rings. The van der Waals surface area contributed by atoms with Gasteiger partial charge in [0.2, 0.25) is 11.9 Å². The van der Waals surface area contributed by atoms with Crippen LogP contribution in [0, 0.1) is 24.0 Å². The molecule has 2 saturated heterocycles. The first-order chi connectivity index (χ1) is 17.9. The van der Waals surface area contributed by atoms with Crippen LogP contribution in [0.25, 0.3) is 38.3 Å². The van der Waals surface area contributed by atoms with Crippen LogP contribution in [0.4, 0.5) is 18.9 Å². The van der Waals surface area contributed by atoms with Crippen LogP contribution in [0.1, 0.15) is 28.8 Å². The third-order valence-corrected chi connectivity index (χ3v) is 7.23. The fraction of sp³-hybridized carbons (Fsp3) is 0.250. The van der Waals surface area contributed by atoms with Gasteiger partial charge in [0, 0.05) is 58.5 Å². The number of hydrogen-bond donors (Lipinski definition) is 0. The highest BCUT2D eigenvalue weighted by atomic mass is 19.2. The average molecular weight is 503 g/mol. The number of rotatable bonds is 4. The molecule has 0 bridgehead atoms. The molecule has 6 rings (SSSR count). The van der Waals surface area contributed by atoms with Crippen LogP contribution in [0.15, 0.2) is 40.8 Å². The molecule has 4 aliphatic rings. The minimum absolute atomic E-state index is 0.0448. The van der Waals surface area contributed by atoms with Gasteiger partial charge >= 0.3 is 0 Å². The summed E-state index contributed by atoms with van der Waals surface area (Å²) in [5.74, 6) is -6.48. The molecule has 3 heterocycles. The molecule has 0 unspecified atom stereocenters. The number of carboxylic acid groups (broad SMARTS) is 1. The number of nitrogens with zero attached hydrogens (tertiary/aromatic N) is 3. The number of hydrogen-bond acceptors (Lipinski definition) is 4. The topological polar surface area (TPSA) is 63.9 Å². The first-order valence-corrected chi connectivity index (χ1v) is 12.0. The summed E-state index contributed by atoms with van der Waals surface area (Å²) < 4.78 is 54.1. The smallest absolute Gasteiger partial charge is 0.245 e. The van der Waals surface area contributed by atoms with E-state index in [0.717, 1.165) is 50.1 Å². The van der Waals surface area contributed by atoms with E-state index in [1.165, 1.54) is 0 Å². The van der Waals surface area contributed by atoms with Gasteiger partial charge < -0.3 is 24.1 Å². The average Bonchev–Trinajstić information content (AvgIpc) is 2.80. The maximum Gasteiger partial charge on any atom is 0.245 e. The molecular formula is C28H20F3N3O3. The molecule has 0 spiro atoms. The van der Waals surface area contributed by atoms with E-state index in [-0.39, 0.29) is 5.56 Å². The van der Waals surface area contributed by atoms with Crippen LogP contribution in [-0.4, -0.2) is 32.1 Å². The number of benzene rings is 3. The summed E-state index contributed by atoms with van der Waals surface area (Å²) in [4.78, 5) is 17.2. The monoisotopic (exact) mass is 503 g/mol. The van der Waals surface area contributed by atoms with Crippen molar-refractivity contribution in [2.45, 2.75) is 19.4 Å². The van der Waals surface area contributed by atoms with Crippen LogP contribution in [0.2, 0.25) is 0 Å². The van der Waals surface area contributed by atoms with Gasteiger partial charge in [-0.2, -0.15) is 0 Å². The molecule has 2 aromatic carbocycles. The minimum Gasteiger partial charge on any atom is -0.545 e. The Labute approximate surface area is 209 Å². The lowest BCUT2D eigenvalue weighted by Crippen LogP contribution is -2.40. The van der Waals surface area contributed by atoms with Gasteiger partial charge in [0.15, 0.2) is 11.6 Å². The van der Waals surface area contributed by atoms with Crippen molar-refractivity contribution < 1.29 is 27.5 Å². The van der Waals surface area contributed by atoms with E-state index < -0.39 is 46.7 Å². The Morgan fingerprint density at radius 3 is 2.43 bits per heavy atom. The van der Waals surface area contributed by atoms with Gasteiger partial charge in [0.25, 0.3) is 0 Å². The van der Waals surface area contributed by atoms with Gasteiger partial charge in [-0.3, -0.25) is 0 Å². The quantitative estimate of drug-likeness (QED) is 0.184. The fourth-order valence-corrected chi connectivity index (χ4v) is 5.03. The van der Waals surface area contributed by atoms with Crippen molar-refractivity contribution in [2.75, 3.05) is 31.1 Å². The van der Waals surface area contributed by atoms with E-state index in [1.54, 1.807) is 36.4 Å². The highest BCUT2D eigenvalue weighted by molar-refractivity contribution is 6.08. The molecule has 2 fully saturated rings. The zero-order valence-corrected chi connectivity index (χ0v) is 19.6. The third-order valence-electron chi connectivity index (χ3n) is 7.23. The molecule has 0 radical (unpaired) electrons. The van der Waals surface area contributed by atoms with Gasteiger partial charge in [0.05, 0.1) is 18.5 Å². The standard InChI is InChI=1S/C28H20F3N3O3/c1-32-14-19-25(29)23(24(28(35)36)27(31)26(19)30)22-17-6-4-15(33-8-2-9-33)12-20(17)37-21-13-16(5-7-18(21)22)34-10-3-11-34/h4-7,12-13H,2-3,8-11,14H2. The molecule has 0 saturated carbocycles. The van der Waals surface area contributed by atoms with Crippen molar-refractivity contribution in [3.8, 4) is 22.5 Å². The Bertz CT molecular complexity index is 1690. The summed E-state index contributed by atoms with van der Waals surface area (Å²) >= 11 is 0. The largest absolute Gasteiger partial charge is 0.545 e. The number of aromatic carboxylic acids is 1. The predicted octanol–water partition coefficient (Wildman–Crippen LogP) is 3.79. The maximum absolute atomic E-state index is 15.9. The normalized spacial score (nSPS) is 15.0. The Morgan fingerprint density at radius 2 is 1.81 bits per heavy atom. The molecule has 9 heteroatoms. The number of carbonyl (C=O) groups is 1. The van der Waals surface area contributed by atoms with Crippen molar-refractivity contribution in [2.24, 2.45) is 0 Å². The molecule has 0 aromatic heterocycles. The lowest BCUT2D eigenvalue weighted by Gasteiger charge is -2.33. The zero-order valence-electron chi connectivity index (χ0n) is 19.6. The van der Waals surface area contributed by atoms with E-state index >= 15 is 8.78 Å². The summed E-state index contributed by atoms with van der Waals surface area (Å²) in [5, 5.41) is 13.3. The summed E-state index contributed by atoms with van der Waals surface area (Å²) in [6, 6.07) is 10.5. The van der Waals surface area contributed by atoms with Crippen molar-refractivity contribution in [3.05, 3.63) is 81.8 Å². The molecule has 0 N–H and O–H groups in total. The molecule has 6 nitrogen and oxygen atoms in total. The first-order valence-electron chi connectivity index (χ1n) is 12.0. The first kappa shape index (κ1) is 23.1. The molecule has 0 amide bonds. The Morgan fingerprint density at radius 1 is 1.03 bits per heavy atom. The summed E-state index contributed by atoms with van der Waals surface area (Å²) in [6.07, 6.45) is 2.10. The SMILES string of the molecule is [C-]#[N+]Cc1c(F)c(F)c(C(=O)[O-])c(-c2c3ccc(=[N+]4CCC4)cc-3oc3cc(N4CCC4)ccc23)c1F. The van der Waals surface area contributed by atoms with E-state index in [1.807, 2.05) is 0 Å². The Balaban J connectivity index is 1.76. The van der Waals surface area contributed by atoms with Crippen molar-refractivity contribution in [3.63, 3.8) is 0 Å². The van der Waals surface area contributed by atoms with E-state index in [9.17, 15) is 14.3 Å². The van der Waals surface area contributed by atoms with Gasteiger partial charge in [-0.25, -0.2) is 24.3 Å². The number of carboxylic acids is 1. The summed E-state index contributed by atoms with van der Waals surface area (Å²) in [6.45, 7) is 9.77. The van der Waals surface area contributed by atoms with Crippen LogP contribution >= 0.6 is 0 Å². The Kier molecular flexibility index (Phi) is 5.41. The third kappa shape index (κ3) is 3.55. The van der Waals surface area contributed by atoms with Crippen molar-refractivity contribution in [1.29, 1.82) is 0 Å². The predicted molar refractivity (Wildman–Crippen MR) is 129 cm³/mol. The van der Waals surface area contributed by atoms with Gasteiger partial charge in [-0.05, 0) is 24.6 Å². The summed E-state index contributed by atoms with van der Waals surface area (Å²) in [7, 11) is 0.